The van der Waals surface area contributed by atoms with E-state index in [1.54, 1.807) is 0 Å². The Kier molecular flexibility index (Phi) is 3.83. The van der Waals surface area contributed by atoms with Gasteiger partial charge >= 0.3 is 5.97 Å². The van der Waals surface area contributed by atoms with Crippen molar-refractivity contribution in [2.24, 2.45) is 11.3 Å². The lowest BCUT2D eigenvalue weighted by Gasteiger charge is -2.10. The number of esters is 1. The standard InChI is InChI=1S/C17H23N3O4/c1-10(21)24-12-3-2-11(6-12)14-7-15(20-19-14)18-16(22)13-8-17(13)4-5-23-9-17/h7,11-13H,2-6,8-9H2,1H3,(H2,18,19,20,22)/t11-,12+,13?,17?/m0/s1. The van der Waals surface area contributed by atoms with Crippen LogP contribution >= 0.6 is 0 Å². The van der Waals surface area contributed by atoms with Gasteiger partial charge in [-0.15, -0.1) is 0 Å². The molecule has 1 aliphatic heterocycles. The summed E-state index contributed by atoms with van der Waals surface area (Å²) in [4.78, 5) is 23.4. The van der Waals surface area contributed by atoms with Gasteiger partial charge in [-0.05, 0) is 32.1 Å². The Bertz CT molecular complexity index is 650. The highest BCUT2D eigenvalue weighted by atomic mass is 16.5. The van der Waals surface area contributed by atoms with Gasteiger partial charge in [-0.2, -0.15) is 5.10 Å². The summed E-state index contributed by atoms with van der Waals surface area (Å²) in [5.74, 6) is 0.741. The summed E-state index contributed by atoms with van der Waals surface area (Å²) in [6, 6.07) is 1.90. The molecule has 130 valence electrons. The summed E-state index contributed by atoms with van der Waals surface area (Å²) in [7, 11) is 0. The first-order valence-corrected chi connectivity index (χ1v) is 8.67. The Labute approximate surface area is 140 Å². The number of hydrogen-bond acceptors (Lipinski definition) is 5. The van der Waals surface area contributed by atoms with Crippen molar-refractivity contribution in [1.82, 2.24) is 10.2 Å². The van der Waals surface area contributed by atoms with E-state index in [4.69, 9.17) is 9.47 Å². The molecule has 1 saturated heterocycles. The monoisotopic (exact) mass is 333 g/mol. The number of aromatic nitrogens is 2. The molecule has 3 aliphatic rings. The Morgan fingerprint density at radius 3 is 3.08 bits per heavy atom. The van der Waals surface area contributed by atoms with Gasteiger partial charge in [-0.1, -0.05) is 0 Å². The first kappa shape index (κ1) is 15.6. The third kappa shape index (κ3) is 2.92. The molecule has 1 spiro atoms. The molecule has 2 N–H and O–H groups in total. The Morgan fingerprint density at radius 2 is 2.33 bits per heavy atom. The van der Waals surface area contributed by atoms with Crippen LogP contribution in [0.4, 0.5) is 5.82 Å². The molecular weight excluding hydrogens is 310 g/mol. The highest BCUT2D eigenvalue weighted by Crippen LogP contribution is 2.58. The average molecular weight is 333 g/mol. The molecule has 1 amide bonds. The second-order valence-corrected chi connectivity index (χ2v) is 7.36. The summed E-state index contributed by atoms with van der Waals surface area (Å²) in [5, 5.41) is 10.2. The zero-order chi connectivity index (χ0) is 16.7. The van der Waals surface area contributed by atoms with Gasteiger partial charge in [0.1, 0.15) is 6.10 Å². The smallest absolute Gasteiger partial charge is 0.302 e. The van der Waals surface area contributed by atoms with Crippen LogP contribution in [0.1, 0.15) is 50.6 Å². The Balaban J connectivity index is 1.32. The summed E-state index contributed by atoms with van der Waals surface area (Å²) in [5.41, 5.74) is 1.08. The molecule has 24 heavy (non-hydrogen) atoms. The molecular formula is C17H23N3O4. The van der Waals surface area contributed by atoms with Crippen molar-refractivity contribution < 1.29 is 19.1 Å². The van der Waals surface area contributed by atoms with E-state index in [1.807, 2.05) is 6.07 Å². The number of ether oxygens (including phenoxy) is 2. The number of rotatable bonds is 4. The van der Waals surface area contributed by atoms with Crippen LogP contribution in [0.3, 0.4) is 0 Å². The van der Waals surface area contributed by atoms with Crippen LogP contribution in [0, 0.1) is 11.3 Å². The first-order valence-electron chi connectivity index (χ1n) is 8.67. The van der Waals surface area contributed by atoms with E-state index in [-0.39, 0.29) is 29.3 Å². The fraction of sp³-hybridized carbons (Fsp3) is 0.706. The minimum Gasteiger partial charge on any atom is -0.463 e. The molecule has 3 fully saturated rings. The van der Waals surface area contributed by atoms with Crippen LogP contribution < -0.4 is 5.32 Å². The molecule has 0 bridgehead atoms. The quantitative estimate of drug-likeness (QED) is 0.822. The van der Waals surface area contributed by atoms with Crippen molar-refractivity contribution >= 4 is 17.7 Å². The highest BCUT2D eigenvalue weighted by molar-refractivity contribution is 5.94. The van der Waals surface area contributed by atoms with E-state index < -0.39 is 0 Å². The van der Waals surface area contributed by atoms with Crippen LogP contribution in [-0.2, 0) is 19.1 Å². The molecule has 7 heteroatoms. The molecule has 0 radical (unpaired) electrons. The van der Waals surface area contributed by atoms with E-state index in [9.17, 15) is 9.59 Å². The summed E-state index contributed by atoms with van der Waals surface area (Å²) in [6.07, 6.45) is 4.52. The first-order chi connectivity index (χ1) is 11.6. The fourth-order valence-electron chi connectivity index (χ4n) is 4.16. The third-order valence-electron chi connectivity index (χ3n) is 5.65. The van der Waals surface area contributed by atoms with Gasteiger partial charge in [0.25, 0.3) is 0 Å². The molecule has 4 rings (SSSR count). The Morgan fingerprint density at radius 1 is 1.46 bits per heavy atom. The molecule has 2 saturated carbocycles. The second kappa shape index (κ2) is 5.88. The maximum Gasteiger partial charge on any atom is 0.302 e. The number of nitrogens with one attached hydrogen (secondary N) is 2. The molecule has 2 unspecified atom stereocenters. The number of nitrogens with zero attached hydrogens (tertiary/aromatic N) is 1. The van der Waals surface area contributed by atoms with Crippen molar-refractivity contribution in [2.45, 2.75) is 51.0 Å². The van der Waals surface area contributed by atoms with Gasteiger partial charge < -0.3 is 14.8 Å². The molecule has 0 aromatic carbocycles. The van der Waals surface area contributed by atoms with Gasteiger partial charge in [0.15, 0.2) is 5.82 Å². The number of amides is 1. The van der Waals surface area contributed by atoms with E-state index >= 15 is 0 Å². The predicted octanol–water partition coefficient (Wildman–Crippen LogP) is 1.97. The van der Waals surface area contributed by atoms with E-state index in [0.29, 0.717) is 18.3 Å². The summed E-state index contributed by atoms with van der Waals surface area (Å²) in [6.45, 7) is 2.91. The lowest BCUT2D eigenvalue weighted by Crippen LogP contribution is -2.19. The topological polar surface area (TPSA) is 93.3 Å². The summed E-state index contributed by atoms with van der Waals surface area (Å²) >= 11 is 0. The number of H-pyrrole nitrogens is 1. The average Bonchev–Trinajstić information content (AvgIpc) is 2.97. The van der Waals surface area contributed by atoms with Gasteiger partial charge in [0.2, 0.25) is 5.91 Å². The summed E-state index contributed by atoms with van der Waals surface area (Å²) < 4.78 is 10.7. The largest absolute Gasteiger partial charge is 0.463 e. The van der Waals surface area contributed by atoms with Gasteiger partial charge in [-0.25, -0.2) is 0 Å². The van der Waals surface area contributed by atoms with Crippen molar-refractivity contribution in [3.8, 4) is 0 Å². The zero-order valence-corrected chi connectivity index (χ0v) is 13.8. The predicted molar refractivity (Wildman–Crippen MR) is 85.3 cm³/mol. The fourth-order valence-corrected chi connectivity index (χ4v) is 4.16. The van der Waals surface area contributed by atoms with Crippen LogP contribution in [0.25, 0.3) is 0 Å². The van der Waals surface area contributed by atoms with Crippen LogP contribution in [-0.4, -0.2) is 41.4 Å². The minimum absolute atomic E-state index is 0.0115. The Hall–Kier alpha value is -1.89. The zero-order valence-electron chi connectivity index (χ0n) is 13.8. The second-order valence-electron chi connectivity index (χ2n) is 7.36. The van der Waals surface area contributed by atoms with Crippen LogP contribution in [0.15, 0.2) is 6.07 Å². The molecule has 7 nitrogen and oxygen atoms in total. The lowest BCUT2D eigenvalue weighted by atomic mass is 10.0. The normalized spacial score (nSPS) is 34.5. The van der Waals surface area contributed by atoms with E-state index in [2.05, 4.69) is 15.5 Å². The maximum absolute atomic E-state index is 12.4. The van der Waals surface area contributed by atoms with Crippen molar-refractivity contribution in [2.75, 3.05) is 18.5 Å². The van der Waals surface area contributed by atoms with E-state index in [1.165, 1.54) is 6.92 Å². The number of carbonyl (C=O) groups is 2. The maximum atomic E-state index is 12.4. The number of hydrogen-bond donors (Lipinski definition) is 2. The third-order valence-corrected chi connectivity index (χ3v) is 5.65. The number of anilines is 1. The molecule has 4 atom stereocenters. The number of carbonyl (C=O) groups excluding carboxylic acids is 2. The molecule has 2 heterocycles. The van der Waals surface area contributed by atoms with Crippen molar-refractivity contribution in [3.05, 3.63) is 11.8 Å². The lowest BCUT2D eigenvalue weighted by molar-refractivity contribution is -0.146. The van der Waals surface area contributed by atoms with Crippen LogP contribution in [0.5, 0.6) is 0 Å². The SMILES string of the molecule is CC(=O)O[C@@H]1CC[C@H](c2cc(NC(=O)C3CC34CCOC4)n[nH]2)C1. The van der Waals surface area contributed by atoms with Gasteiger partial charge in [0, 0.05) is 42.5 Å². The van der Waals surface area contributed by atoms with E-state index in [0.717, 1.165) is 44.4 Å². The number of aromatic amines is 1. The minimum atomic E-state index is -0.229. The molecule has 1 aromatic rings. The van der Waals surface area contributed by atoms with Crippen molar-refractivity contribution in [3.63, 3.8) is 0 Å². The molecule has 2 aliphatic carbocycles. The van der Waals surface area contributed by atoms with Gasteiger partial charge in [0.05, 0.1) is 6.61 Å². The van der Waals surface area contributed by atoms with Gasteiger partial charge in [-0.3, -0.25) is 14.7 Å². The highest BCUT2D eigenvalue weighted by Gasteiger charge is 2.59. The van der Waals surface area contributed by atoms with Crippen molar-refractivity contribution in [1.29, 1.82) is 0 Å². The molecule has 1 aromatic heterocycles. The van der Waals surface area contributed by atoms with Crippen LogP contribution in [0.2, 0.25) is 0 Å².